The number of benzene rings is 1. The molecular formula is C102H221N31O4. The van der Waals surface area contributed by atoms with Crippen LogP contribution in [0.5, 0.6) is 0 Å². The average molecular weight is 1950 g/mol. The number of carbonyl (C=O) groups is 3. The van der Waals surface area contributed by atoms with Crippen molar-refractivity contribution in [3.05, 3.63) is 54.9 Å². The van der Waals surface area contributed by atoms with Gasteiger partial charge < -0.3 is 90.6 Å². The molecule has 3 saturated carbocycles. The lowest BCUT2D eigenvalue weighted by atomic mass is 9.89. The van der Waals surface area contributed by atoms with E-state index in [1.807, 2.05) is 43.2 Å². The molecular weight excluding hydrogens is 1720 g/mol. The van der Waals surface area contributed by atoms with E-state index in [1.165, 1.54) is 161 Å². The molecule has 0 spiro atoms. The third kappa shape index (κ3) is 61.6. The van der Waals surface area contributed by atoms with Gasteiger partial charge >= 0.3 is 5.97 Å². The molecule has 0 radical (unpaired) electrons. The second-order valence-electron chi connectivity index (χ2n) is 36.7. The van der Waals surface area contributed by atoms with Crippen LogP contribution >= 0.6 is 0 Å². The normalized spacial score (nSPS) is 20.0. The highest BCUT2D eigenvalue weighted by Crippen LogP contribution is 2.30. The zero-order chi connectivity index (χ0) is 92.1. The number of carbonyl (C=O) groups excluding carboxylic acids is 3. The molecule has 0 unspecified atom stereocenters. The Balaban J connectivity index is -0.000000721. The number of rotatable bonds is 33. The van der Waals surface area contributed by atoms with E-state index in [9.17, 15) is 14.4 Å². The maximum atomic E-state index is 11.7. The molecule has 1 aromatic heterocycles. The van der Waals surface area contributed by atoms with Gasteiger partial charge in [-0.2, -0.15) is 5.26 Å². The van der Waals surface area contributed by atoms with Gasteiger partial charge in [0.2, 0.25) is 11.8 Å². The van der Waals surface area contributed by atoms with Crippen LogP contribution in [0.4, 0.5) is 11.4 Å². The fraction of sp³-hybridized carbons (Fsp3) is 0.853. The molecule has 35 nitrogen and oxygen atoms in total. The third-order valence-electron chi connectivity index (χ3n) is 26.1. The molecule has 1 aromatic carbocycles. The van der Waals surface area contributed by atoms with Crippen molar-refractivity contribution in [1.29, 1.82) is 5.26 Å². The van der Waals surface area contributed by atoms with Gasteiger partial charge in [-0.05, 0) is 95.6 Å². The van der Waals surface area contributed by atoms with E-state index in [1.54, 1.807) is 19.0 Å². The second-order valence-corrected chi connectivity index (χ2v) is 36.7. The number of nitrogens with zero attached hydrogens (tertiary/aromatic N) is 22. The third-order valence-corrected chi connectivity index (χ3v) is 26.1. The summed E-state index contributed by atoms with van der Waals surface area (Å²) in [6, 6.07) is 17.9. The fourth-order valence-corrected chi connectivity index (χ4v) is 17.8. The first-order chi connectivity index (χ1) is 62.3. The molecule has 137 heavy (non-hydrogen) atoms. The van der Waals surface area contributed by atoms with Gasteiger partial charge in [0.1, 0.15) is 0 Å². The van der Waals surface area contributed by atoms with Crippen LogP contribution in [0.25, 0.3) is 0 Å². The molecule has 10 heterocycles. The Morgan fingerprint density at radius 1 is 0.358 bits per heavy atom. The van der Waals surface area contributed by atoms with E-state index in [0.717, 1.165) is 280 Å². The van der Waals surface area contributed by atoms with E-state index in [-0.39, 0.29) is 84.6 Å². The van der Waals surface area contributed by atoms with Crippen LogP contribution in [-0.4, -0.2) is 544 Å². The van der Waals surface area contributed by atoms with Gasteiger partial charge in [0.05, 0.1) is 38.9 Å². The minimum absolute atomic E-state index is 0. The number of piperazine rings is 9. The first-order valence-electron chi connectivity index (χ1n) is 49.6. The van der Waals surface area contributed by atoms with Gasteiger partial charge in [0.25, 0.3) is 0 Å². The van der Waals surface area contributed by atoms with Crippen molar-refractivity contribution < 1.29 is 19.1 Å². The molecule has 2 aromatic rings. The number of ether oxygens (including phenoxy) is 1. The van der Waals surface area contributed by atoms with Crippen molar-refractivity contribution in [1.82, 2.24) is 93.2 Å². The summed E-state index contributed by atoms with van der Waals surface area (Å²) >= 11 is 0. The quantitative estimate of drug-likeness (QED) is 0.0366. The molecule has 14 rings (SSSR count). The number of aromatic nitrogens is 1. The molecule has 12 fully saturated rings. The Bertz CT molecular complexity index is 2980. The molecule has 9 aliphatic heterocycles. The number of esters is 1. The Kier molecular flexibility index (Phi) is 86.0. The van der Waals surface area contributed by atoms with E-state index < -0.39 is 0 Å². The summed E-state index contributed by atoms with van der Waals surface area (Å²) in [7, 11) is 7.44. The largest absolute Gasteiger partial charge is 0.465 e. The van der Waals surface area contributed by atoms with Gasteiger partial charge in [-0.3, -0.25) is 83.1 Å². The van der Waals surface area contributed by atoms with Crippen molar-refractivity contribution in [3.8, 4) is 6.07 Å². The number of nitriles is 1. The molecule has 0 atom stereocenters. The second kappa shape index (κ2) is 85.3. The van der Waals surface area contributed by atoms with Crippen molar-refractivity contribution in [2.45, 2.75) is 138 Å². The standard InChI is InChI=1S/C13H27N3.C12H19N3.C11H18N4.2C10H22N4O.C10H21N3O2.C10H21N3.C9H19N3.C8H16N4.9CH4/c14-6-7-15-8-10-16(11-9-15)12-13-4-2-1-3-5-13;13-6-7-14-8-10-15(11-9-14)12-4-2-1-3-5-12;12-3-6-14-7-9-15(10-8-14)11-1-4-13-5-2-11;1-12(2)10(15)9-14-7-5-13(4-3-11)6-8-14;1-12(2)9-10(15)14-7-5-13(4-3-11)6-8-14;1-2-15-10(14)9-13-7-5-12(4-3-11)6-8-13;11-3-4-12-5-7-13(8-6-12)9-10-1-2-10;10-3-4-11-5-7-12(8-6-11)9-1-2-9;9-1-3-11-5-7-12(4-2-10)8-6-11;;;;;;;;;/h13H,1-12,14H2;1-5H,6-11,13H2;1-2,4-5H,3,6-10,12H2;2*3-9,11H2,1-2H3;2-9,11H2,1H3;10H,1-9,11H2;9H,1-8,10H2;1,3-9H2;9*1H4. The molecule has 0 bridgehead atoms. The van der Waals surface area contributed by atoms with Crippen LogP contribution in [0.15, 0.2) is 54.9 Å². The molecule has 35 heteroatoms. The zero-order valence-electron chi connectivity index (χ0n) is 81.1. The lowest BCUT2D eigenvalue weighted by Crippen LogP contribution is -2.51. The van der Waals surface area contributed by atoms with Gasteiger partial charge in [0.15, 0.2) is 0 Å². The van der Waals surface area contributed by atoms with E-state index in [4.69, 9.17) is 61.6 Å². The number of nitrogens with two attached hydrogens (primary N) is 9. The van der Waals surface area contributed by atoms with E-state index in [0.29, 0.717) is 45.9 Å². The van der Waals surface area contributed by atoms with Crippen molar-refractivity contribution in [3.63, 3.8) is 0 Å². The summed E-state index contributed by atoms with van der Waals surface area (Å²) < 4.78 is 4.90. The number of amides is 2. The predicted molar refractivity (Wildman–Crippen MR) is 587 cm³/mol. The van der Waals surface area contributed by atoms with Crippen LogP contribution in [0.3, 0.4) is 0 Å². The topological polar surface area (TPSA) is 396 Å². The first kappa shape index (κ1) is 138. The maximum absolute atomic E-state index is 11.7. The summed E-state index contributed by atoms with van der Waals surface area (Å²) in [4.78, 5) is 84.8. The molecule has 3 aliphatic carbocycles. The van der Waals surface area contributed by atoms with Crippen LogP contribution in [0.1, 0.15) is 132 Å². The molecule has 2 amide bonds. The smallest absolute Gasteiger partial charge is 0.320 e. The maximum Gasteiger partial charge on any atom is 0.320 e. The van der Waals surface area contributed by atoms with Gasteiger partial charge in [0, 0.05) is 410 Å². The average Bonchev–Trinajstić information content (AvgIpc) is 1.78. The van der Waals surface area contributed by atoms with Crippen molar-refractivity contribution in [2.75, 3.05) is 437 Å². The van der Waals surface area contributed by atoms with Gasteiger partial charge in [-0.15, -0.1) is 0 Å². The summed E-state index contributed by atoms with van der Waals surface area (Å²) in [6.07, 6.45) is 16.9. The molecule has 12 aliphatic rings. The summed E-state index contributed by atoms with van der Waals surface area (Å²) in [5.74, 6) is 2.33. The number of hydrogen-bond donors (Lipinski definition) is 9. The van der Waals surface area contributed by atoms with Crippen LogP contribution in [0.2, 0.25) is 0 Å². The highest BCUT2D eigenvalue weighted by Gasteiger charge is 2.32. The Morgan fingerprint density at radius 2 is 0.650 bits per heavy atom. The zero-order valence-corrected chi connectivity index (χ0v) is 81.1. The van der Waals surface area contributed by atoms with Crippen LogP contribution in [-0.2, 0) is 19.1 Å². The fourth-order valence-electron chi connectivity index (χ4n) is 17.8. The van der Waals surface area contributed by atoms with Crippen LogP contribution < -0.4 is 61.4 Å². The highest BCUT2D eigenvalue weighted by molar-refractivity contribution is 5.78. The Morgan fingerprint density at radius 3 is 0.956 bits per heavy atom. The molecule has 9 saturated heterocycles. The Labute approximate surface area is 841 Å². The molecule has 18 N–H and O–H groups in total. The lowest BCUT2D eigenvalue weighted by Gasteiger charge is -2.37. The Hall–Kier alpha value is -5.13. The summed E-state index contributed by atoms with van der Waals surface area (Å²) in [5.41, 5.74) is 52.3. The number of anilines is 2. The monoisotopic (exact) mass is 1940 g/mol. The van der Waals surface area contributed by atoms with Gasteiger partial charge in [-0.1, -0.05) is 104 Å². The van der Waals surface area contributed by atoms with Crippen molar-refractivity contribution >= 4 is 29.2 Å². The number of hydrogen-bond acceptors (Lipinski definition) is 33. The summed E-state index contributed by atoms with van der Waals surface area (Å²) in [6.45, 7) is 62.4. The van der Waals surface area contributed by atoms with Crippen molar-refractivity contribution in [2.24, 2.45) is 63.4 Å². The highest BCUT2D eigenvalue weighted by atomic mass is 16.5. The first-order valence-corrected chi connectivity index (χ1v) is 49.6. The van der Waals surface area contributed by atoms with E-state index in [2.05, 4.69) is 137 Å². The SMILES string of the molecule is C.C.C.C.C.C.C.C.C.CCOC(=O)CN1CCN(CCN)CC1.CN(C)C(=O)CN1CCN(CCN)CC1.CN(C)CC(=O)N1CCN(CCN)CC1.N#CCN1CCN(CCN)CC1.NCCN1CCN(C2CC2)CC1.NCCN1CCN(CC2CC2)CC1.NCCN1CCN(CC2CCCCC2)CC1.NCCN1CCN(c2ccccc2)CC1.NCCN1CCN(c2ccncc2)CC1. The van der Waals surface area contributed by atoms with Crippen LogP contribution in [0, 0.1) is 23.2 Å². The number of likely N-dealkylation sites (N-methyl/N-ethyl adjacent to an activating group) is 2. The lowest BCUT2D eigenvalue weighted by molar-refractivity contribution is -0.145. The number of pyridine rings is 1. The number of para-hydroxylation sites is 1. The minimum Gasteiger partial charge on any atom is -0.465 e. The van der Waals surface area contributed by atoms with Gasteiger partial charge in [-0.25, -0.2) is 0 Å². The van der Waals surface area contributed by atoms with E-state index >= 15 is 0 Å². The summed E-state index contributed by atoms with van der Waals surface area (Å²) in [5, 5.41) is 8.46. The molecule has 808 valence electrons. The minimum atomic E-state index is -0.121. The predicted octanol–water partition coefficient (Wildman–Crippen LogP) is 3.01.